The summed E-state index contributed by atoms with van der Waals surface area (Å²) in [5.74, 6) is 2.03. The molecule has 6 rings (SSSR count). The summed E-state index contributed by atoms with van der Waals surface area (Å²) in [7, 11) is 0. The van der Waals surface area contributed by atoms with E-state index >= 15 is 0 Å². The Morgan fingerprint density at radius 3 is 2.69 bits per heavy atom. The fourth-order valence-electron chi connectivity index (χ4n) is 4.80. The molecule has 1 atom stereocenters. The standard InChI is InChI=1S/C26H25N7O2/c1-2-27-26-28-15-21-22(29-26)32-13-7-12-20(32)16-33(25(21)34)19-11-6-10-18(14-19)24-31-30-23(35-24)17-8-4-3-5-9-17/h3-6,8-11,14-15,20H,2,7,12-13,16H2,1H3,(H,27,28,29). The van der Waals surface area contributed by atoms with E-state index < -0.39 is 0 Å². The number of fused-ring (bicyclic) bond motifs is 3. The summed E-state index contributed by atoms with van der Waals surface area (Å²) in [6.45, 7) is 4.18. The summed E-state index contributed by atoms with van der Waals surface area (Å²) in [6.07, 6.45) is 3.72. The molecule has 9 nitrogen and oxygen atoms in total. The van der Waals surface area contributed by atoms with E-state index in [2.05, 4.69) is 25.4 Å². The zero-order valence-electron chi connectivity index (χ0n) is 19.4. The highest BCUT2D eigenvalue weighted by atomic mass is 16.4. The first-order chi connectivity index (χ1) is 17.2. The average Bonchev–Trinajstić information content (AvgIpc) is 3.56. The van der Waals surface area contributed by atoms with Gasteiger partial charge in [0.05, 0.1) is 0 Å². The maximum atomic E-state index is 13.7. The van der Waals surface area contributed by atoms with Crippen molar-refractivity contribution in [2.24, 2.45) is 0 Å². The lowest BCUT2D eigenvalue weighted by atomic mass is 10.1. The zero-order chi connectivity index (χ0) is 23.8. The van der Waals surface area contributed by atoms with Gasteiger partial charge in [-0.1, -0.05) is 24.3 Å². The molecular formula is C26H25N7O2. The summed E-state index contributed by atoms with van der Waals surface area (Å²) in [6, 6.07) is 17.5. The van der Waals surface area contributed by atoms with E-state index in [1.165, 1.54) is 0 Å². The number of hydrogen-bond donors (Lipinski definition) is 1. The first-order valence-electron chi connectivity index (χ1n) is 11.9. The zero-order valence-corrected chi connectivity index (χ0v) is 19.4. The number of nitrogens with zero attached hydrogens (tertiary/aromatic N) is 6. The van der Waals surface area contributed by atoms with Crippen molar-refractivity contribution in [3.8, 4) is 22.9 Å². The minimum atomic E-state index is -0.106. The molecule has 176 valence electrons. The molecule has 1 unspecified atom stereocenters. The fraction of sp³-hybridized carbons (Fsp3) is 0.269. The molecule has 2 aromatic heterocycles. The van der Waals surface area contributed by atoms with Crippen molar-refractivity contribution >= 4 is 23.4 Å². The Hall–Kier alpha value is -4.27. The minimum Gasteiger partial charge on any atom is -0.416 e. The maximum absolute atomic E-state index is 13.7. The van der Waals surface area contributed by atoms with E-state index in [-0.39, 0.29) is 11.9 Å². The van der Waals surface area contributed by atoms with Crippen LogP contribution in [0.2, 0.25) is 0 Å². The van der Waals surface area contributed by atoms with Crippen molar-refractivity contribution in [3.05, 3.63) is 66.4 Å². The predicted molar refractivity (Wildman–Crippen MR) is 133 cm³/mol. The van der Waals surface area contributed by atoms with Crippen LogP contribution in [0.1, 0.15) is 30.1 Å². The summed E-state index contributed by atoms with van der Waals surface area (Å²) < 4.78 is 5.95. The number of carbonyl (C=O) groups excluding carboxylic acids is 1. The van der Waals surface area contributed by atoms with Crippen LogP contribution >= 0.6 is 0 Å². The van der Waals surface area contributed by atoms with Gasteiger partial charge in [-0.3, -0.25) is 4.79 Å². The molecule has 0 bridgehead atoms. The minimum absolute atomic E-state index is 0.106. The van der Waals surface area contributed by atoms with Gasteiger partial charge in [-0.25, -0.2) is 4.98 Å². The van der Waals surface area contributed by atoms with E-state index in [1.54, 1.807) is 6.20 Å². The van der Waals surface area contributed by atoms with E-state index in [1.807, 2.05) is 66.4 Å². The lowest BCUT2D eigenvalue weighted by molar-refractivity contribution is 0.0988. The fourth-order valence-corrected chi connectivity index (χ4v) is 4.80. The third-order valence-electron chi connectivity index (χ3n) is 6.47. The highest BCUT2D eigenvalue weighted by molar-refractivity contribution is 6.10. The predicted octanol–water partition coefficient (Wildman–Crippen LogP) is 4.25. The van der Waals surface area contributed by atoms with Crippen molar-refractivity contribution in [1.82, 2.24) is 20.2 Å². The molecule has 0 spiro atoms. The van der Waals surface area contributed by atoms with Crippen LogP contribution in [0, 0.1) is 0 Å². The molecule has 4 aromatic rings. The normalized spacial score (nSPS) is 17.2. The van der Waals surface area contributed by atoms with Crippen LogP contribution in [-0.4, -0.2) is 51.7 Å². The highest BCUT2D eigenvalue weighted by Gasteiger charge is 2.37. The Labute approximate surface area is 202 Å². The largest absolute Gasteiger partial charge is 0.416 e. The molecule has 9 heteroatoms. The van der Waals surface area contributed by atoms with Gasteiger partial charge in [0.1, 0.15) is 11.4 Å². The smallest absolute Gasteiger partial charge is 0.263 e. The van der Waals surface area contributed by atoms with E-state index in [9.17, 15) is 4.79 Å². The highest BCUT2D eigenvalue weighted by Crippen LogP contribution is 2.35. The Morgan fingerprint density at radius 1 is 1.06 bits per heavy atom. The van der Waals surface area contributed by atoms with Crippen molar-refractivity contribution in [2.45, 2.75) is 25.8 Å². The molecule has 0 saturated carbocycles. The van der Waals surface area contributed by atoms with Gasteiger partial charge in [-0.05, 0) is 50.1 Å². The van der Waals surface area contributed by atoms with Gasteiger partial charge in [-0.2, -0.15) is 4.98 Å². The quantitative estimate of drug-likeness (QED) is 0.465. The monoisotopic (exact) mass is 467 g/mol. The Morgan fingerprint density at radius 2 is 1.86 bits per heavy atom. The second-order valence-corrected chi connectivity index (χ2v) is 8.70. The van der Waals surface area contributed by atoms with E-state index in [0.29, 0.717) is 35.7 Å². The second-order valence-electron chi connectivity index (χ2n) is 8.70. The van der Waals surface area contributed by atoms with Crippen molar-refractivity contribution in [3.63, 3.8) is 0 Å². The average molecular weight is 468 g/mol. The number of anilines is 3. The molecule has 2 aromatic carbocycles. The summed E-state index contributed by atoms with van der Waals surface area (Å²) >= 11 is 0. The molecule has 0 radical (unpaired) electrons. The molecule has 2 aliphatic heterocycles. The van der Waals surface area contributed by atoms with Crippen molar-refractivity contribution < 1.29 is 9.21 Å². The van der Waals surface area contributed by atoms with E-state index in [0.717, 1.165) is 42.7 Å². The van der Waals surface area contributed by atoms with Crippen molar-refractivity contribution in [2.75, 3.05) is 34.8 Å². The van der Waals surface area contributed by atoms with Crippen LogP contribution < -0.4 is 15.1 Å². The molecular weight excluding hydrogens is 442 g/mol. The summed E-state index contributed by atoms with van der Waals surface area (Å²) in [5, 5.41) is 11.6. The van der Waals surface area contributed by atoms with Crippen LogP contribution in [0.4, 0.5) is 17.5 Å². The molecule has 1 fully saturated rings. The van der Waals surface area contributed by atoms with Gasteiger partial charge < -0.3 is 19.5 Å². The third-order valence-corrected chi connectivity index (χ3v) is 6.47. The number of benzene rings is 2. The molecule has 1 amide bonds. The van der Waals surface area contributed by atoms with Gasteiger partial charge in [0.15, 0.2) is 0 Å². The molecule has 35 heavy (non-hydrogen) atoms. The topological polar surface area (TPSA) is 100 Å². The van der Waals surface area contributed by atoms with Gasteiger partial charge >= 0.3 is 0 Å². The number of rotatable bonds is 5. The van der Waals surface area contributed by atoms with E-state index in [4.69, 9.17) is 9.40 Å². The molecule has 4 heterocycles. The number of carbonyl (C=O) groups is 1. The first-order valence-corrected chi connectivity index (χ1v) is 11.9. The van der Waals surface area contributed by atoms with Crippen LogP contribution in [-0.2, 0) is 0 Å². The Balaban J connectivity index is 1.36. The molecule has 1 saturated heterocycles. The molecule has 2 aliphatic rings. The number of hydrogen-bond acceptors (Lipinski definition) is 8. The summed E-state index contributed by atoms with van der Waals surface area (Å²) in [5.41, 5.74) is 2.92. The van der Waals surface area contributed by atoms with Crippen molar-refractivity contribution in [1.29, 1.82) is 0 Å². The van der Waals surface area contributed by atoms with Gasteiger partial charge in [-0.15, -0.1) is 10.2 Å². The first kappa shape index (κ1) is 21.3. The third kappa shape index (κ3) is 3.88. The number of nitrogens with one attached hydrogen (secondary N) is 1. The van der Waals surface area contributed by atoms with Crippen LogP contribution in [0.3, 0.4) is 0 Å². The Bertz CT molecular complexity index is 1370. The van der Waals surface area contributed by atoms with Crippen LogP contribution in [0.15, 0.2) is 65.2 Å². The molecule has 0 aliphatic carbocycles. The Kier molecular flexibility index (Phi) is 5.36. The second kappa shape index (κ2) is 8.83. The maximum Gasteiger partial charge on any atom is 0.263 e. The van der Waals surface area contributed by atoms with Crippen LogP contribution in [0.5, 0.6) is 0 Å². The molecule has 1 N–H and O–H groups in total. The lowest BCUT2D eigenvalue weighted by Crippen LogP contribution is -2.39. The SMILES string of the molecule is CCNc1ncc2c(n1)N1CCCC1CN(c1cccc(-c3nnc(-c4ccccc4)o3)c1)C2=O. The van der Waals surface area contributed by atoms with Gasteiger partial charge in [0, 0.05) is 48.7 Å². The number of amides is 1. The van der Waals surface area contributed by atoms with Gasteiger partial charge in [0.2, 0.25) is 17.7 Å². The summed E-state index contributed by atoms with van der Waals surface area (Å²) in [4.78, 5) is 26.9. The van der Waals surface area contributed by atoms with Gasteiger partial charge in [0.25, 0.3) is 5.91 Å². The van der Waals surface area contributed by atoms with Crippen LogP contribution in [0.25, 0.3) is 22.9 Å². The lowest BCUT2D eigenvalue weighted by Gasteiger charge is -2.27. The number of aromatic nitrogens is 4.